The number of carboxylic acids is 1. The number of H-pyrrole nitrogens is 1. The first-order chi connectivity index (χ1) is 9.06. The van der Waals surface area contributed by atoms with Crippen LogP contribution in [-0.4, -0.2) is 39.6 Å². The van der Waals surface area contributed by atoms with Crippen molar-refractivity contribution in [2.45, 2.75) is 13.3 Å². The lowest BCUT2D eigenvalue weighted by atomic mass is 10.3. The molecule has 0 fully saturated rings. The Morgan fingerprint density at radius 3 is 2.89 bits per heavy atom. The molecule has 0 unspecified atom stereocenters. The highest BCUT2D eigenvalue weighted by Crippen LogP contribution is 2.09. The summed E-state index contributed by atoms with van der Waals surface area (Å²) in [6, 6.07) is 5.42. The lowest BCUT2D eigenvalue weighted by Gasteiger charge is -2.17. The summed E-state index contributed by atoms with van der Waals surface area (Å²) in [4.78, 5) is 24.2. The Hall–Kier alpha value is -2.37. The van der Waals surface area contributed by atoms with E-state index in [-0.39, 0.29) is 5.69 Å². The SMILES string of the molecule is Cc1cc(C(=O)O)nc(N(C)CCc2ccc[nH]2)n1. The summed E-state index contributed by atoms with van der Waals surface area (Å²) in [5.74, 6) is -0.603. The molecule has 100 valence electrons. The number of likely N-dealkylation sites (N-methyl/N-ethyl adjacent to an activating group) is 1. The smallest absolute Gasteiger partial charge is 0.354 e. The molecule has 0 saturated heterocycles. The van der Waals surface area contributed by atoms with Gasteiger partial charge in [-0.15, -0.1) is 0 Å². The Morgan fingerprint density at radius 1 is 1.47 bits per heavy atom. The normalized spacial score (nSPS) is 10.4. The van der Waals surface area contributed by atoms with Crippen LogP contribution >= 0.6 is 0 Å². The number of carboxylic acid groups (broad SMARTS) is 1. The van der Waals surface area contributed by atoms with Gasteiger partial charge in [-0.25, -0.2) is 14.8 Å². The molecule has 0 amide bonds. The second kappa shape index (κ2) is 5.51. The van der Waals surface area contributed by atoms with Crippen LogP contribution in [0.4, 0.5) is 5.95 Å². The van der Waals surface area contributed by atoms with E-state index in [9.17, 15) is 4.79 Å². The maximum absolute atomic E-state index is 11.0. The molecular formula is C13H16N4O2. The van der Waals surface area contributed by atoms with Gasteiger partial charge in [0.25, 0.3) is 0 Å². The predicted molar refractivity (Wildman–Crippen MR) is 71.5 cm³/mol. The second-order valence-corrected chi connectivity index (χ2v) is 4.37. The van der Waals surface area contributed by atoms with Crippen molar-refractivity contribution in [3.05, 3.63) is 41.5 Å². The van der Waals surface area contributed by atoms with Crippen molar-refractivity contribution in [1.29, 1.82) is 0 Å². The standard InChI is InChI=1S/C13H16N4O2/c1-9-8-11(12(18)19)16-13(15-9)17(2)7-5-10-4-3-6-14-10/h3-4,6,8,14H,5,7H2,1-2H3,(H,18,19). The van der Waals surface area contributed by atoms with Crippen molar-refractivity contribution in [3.63, 3.8) is 0 Å². The molecule has 6 heteroatoms. The Kier molecular flexibility index (Phi) is 3.79. The third-order valence-electron chi connectivity index (χ3n) is 2.78. The van der Waals surface area contributed by atoms with Crippen molar-refractivity contribution in [2.75, 3.05) is 18.5 Å². The summed E-state index contributed by atoms with van der Waals surface area (Å²) in [6.07, 6.45) is 2.70. The average molecular weight is 260 g/mol. The van der Waals surface area contributed by atoms with Crippen LogP contribution in [0.1, 0.15) is 21.9 Å². The molecule has 6 nitrogen and oxygen atoms in total. The third kappa shape index (κ3) is 3.31. The molecule has 0 aliphatic rings. The minimum atomic E-state index is -1.04. The Labute approximate surface area is 111 Å². The molecule has 0 aliphatic carbocycles. The number of aromatic amines is 1. The van der Waals surface area contributed by atoms with Gasteiger partial charge in [-0.3, -0.25) is 0 Å². The lowest BCUT2D eigenvalue weighted by molar-refractivity contribution is 0.0690. The van der Waals surface area contributed by atoms with Crippen LogP contribution in [0.2, 0.25) is 0 Å². The number of nitrogens with one attached hydrogen (secondary N) is 1. The summed E-state index contributed by atoms with van der Waals surface area (Å²) in [5.41, 5.74) is 1.79. The fourth-order valence-corrected chi connectivity index (χ4v) is 1.74. The van der Waals surface area contributed by atoms with Gasteiger partial charge in [-0.05, 0) is 25.1 Å². The van der Waals surface area contributed by atoms with Crippen LogP contribution in [0, 0.1) is 6.92 Å². The lowest BCUT2D eigenvalue weighted by Crippen LogP contribution is -2.24. The molecule has 0 aromatic carbocycles. The quantitative estimate of drug-likeness (QED) is 0.851. The van der Waals surface area contributed by atoms with Gasteiger partial charge >= 0.3 is 5.97 Å². The van der Waals surface area contributed by atoms with E-state index in [1.54, 1.807) is 6.92 Å². The zero-order valence-electron chi connectivity index (χ0n) is 10.9. The highest BCUT2D eigenvalue weighted by atomic mass is 16.4. The van der Waals surface area contributed by atoms with Crippen LogP contribution in [0.25, 0.3) is 0 Å². The molecule has 0 radical (unpaired) electrons. The molecule has 0 aliphatic heterocycles. The highest BCUT2D eigenvalue weighted by Gasteiger charge is 2.11. The minimum absolute atomic E-state index is 0.0224. The van der Waals surface area contributed by atoms with E-state index in [0.29, 0.717) is 18.2 Å². The number of hydrogen-bond acceptors (Lipinski definition) is 4. The Morgan fingerprint density at radius 2 is 2.26 bits per heavy atom. The monoisotopic (exact) mass is 260 g/mol. The Balaban J connectivity index is 2.09. The summed E-state index contributed by atoms with van der Waals surface area (Å²) < 4.78 is 0. The molecule has 19 heavy (non-hydrogen) atoms. The summed E-state index contributed by atoms with van der Waals surface area (Å²) in [7, 11) is 1.85. The fourth-order valence-electron chi connectivity index (χ4n) is 1.74. The molecule has 0 saturated carbocycles. The van der Waals surface area contributed by atoms with Crippen LogP contribution in [-0.2, 0) is 6.42 Å². The maximum Gasteiger partial charge on any atom is 0.354 e. The highest BCUT2D eigenvalue weighted by molar-refractivity contribution is 5.85. The Bertz CT molecular complexity index is 566. The summed E-state index contributed by atoms with van der Waals surface area (Å²) >= 11 is 0. The van der Waals surface area contributed by atoms with Crippen LogP contribution in [0.5, 0.6) is 0 Å². The molecule has 0 spiro atoms. The van der Waals surface area contributed by atoms with Crippen LogP contribution in [0.15, 0.2) is 24.4 Å². The van der Waals surface area contributed by atoms with Gasteiger partial charge in [0.1, 0.15) is 0 Å². The summed E-state index contributed by atoms with van der Waals surface area (Å²) in [6.45, 7) is 2.47. The van der Waals surface area contributed by atoms with Gasteiger partial charge in [-0.1, -0.05) is 0 Å². The van der Waals surface area contributed by atoms with E-state index < -0.39 is 5.97 Å². The van der Waals surface area contributed by atoms with E-state index in [1.807, 2.05) is 30.3 Å². The number of rotatable bonds is 5. The fraction of sp³-hybridized carbons (Fsp3) is 0.308. The number of hydrogen-bond donors (Lipinski definition) is 2. The molecule has 2 rings (SSSR count). The number of nitrogens with zero attached hydrogens (tertiary/aromatic N) is 3. The van der Waals surface area contributed by atoms with Gasteiger partial charge in [0.15, 0.2) is 5.69 Å². The van der Waals surface area contributed by atoms with Gasteiger partial charge in [0.05, 0.1) is 0 Å². The van der Waals surface area contributed by atoms with E-state index in [2.05, 4.69) is 15.0 Å². The van der Waals surface area contributed by atoms with E-state index in [0.717, 1.165) is 12.1 Å². The van der Waals surface area contributed by atoms with Gasteiger partial charge in [0.2, 0.25) is 5.95 Å². The maximum atomic E-state index is 11.0. The number of aryl methyl sites for hydroxylation is 1. The first-order valence-corrected chi connectivity index (χ1v) is 5.98. The molecule has 2 aromatic rings. The van der Waals surface area contributed by atoms with E-state index in [1.165, 1.54) is 6.07 Å². The van der Waals surface area contributed by atoms with Crippen molar-refractivity contribution < 1.29 is 9.90 Å². The molecule has 0 atom stereocenters. The number of aromatic nitrogens is 3. The van der Waals surface area contributed by atoms with Crippen LogP contribution < -0.4 is 4.90 Å². The van der Waals surface area contributed by atoms with Gasteiger partial charge < -0.3 is 15.0 Å². The topological polar surface area (TPSA) is 82.1 Å². The largest absolute Gasteiger partial charge is 0.477 e. The molecular weight excluding hydrogens is 244 g/mol. The molecule has 0 bridgehead atoms. The predicted octanol–water partition coefficient (Wildman–Crippen LogP) is 1.49. The van der Waals surface area contributed by atoms with Crippen molar-refractivity contribution in [3.8, 4) is 0 Å². The number of aromatic carboxylic acids is 1. The van der Waals surface area contributed by atoms with E-state index >= 15 is 0 Å². The van der Waals surface area contributed by atoms with Crippen molar-refractivity contribution >= 4 is 11.9 Å². The minimum Gasteiger partial charge on any atom is -0.477 e. The van der Waals surface area contributed by atoms with Gasteiger partial charge in [0, 0.05) is 37.6 Å². The second-order valence-electron chi connectivity index (χ2n) is 4.37. The molecule has 2 N–H and O–H groups in total. The first kappa shape index (κ1) is 13.1. The average Bonchev–Trinajstić information content (AvgIpc) is 2.88. The number of carbonyl (C=O) groups is 1. The first-order valence-electron chi connectivity index (χ1n) is 5.98. The van der Waals surface area contributed by atoms with Crippen LogP contribution in [0.3, 0.4) is 0 Å². The zero-order chi connectivity index (χ0) is 13.8. The van der Waals surface area contributed by atoms with Crippen molar-refractivity contribution in [2.24, 2.45) is 0 Å². The zero-order valence-corrected chi connectivity index (χ0v) is 10.9. The van der Waals surface area contributed by atoms with E-state index in [4.69, 9.17) is 5.11 Å². The van der Waals surface area contributed by atoms with Gasteiger partial charge in [-0.2, -0.15) is 0 Å². The summed E-state index contributed by atoms with van der Waals surface area (Å²) in [5, 5.41) is 8.98. The van der Waals surface area contributed by atoms with Crippen molar-refractivity contribution in [1.82, 2.24) is 15.0 Å². The third-order valence-corrected chi connectivity index (χ3v) is 2.78. The molecule has 2 heterocycles. The number of anilines is 1. The molecule has 2 aromatic heterocycles.